The first kappa shape index (κ1) is 22.9. The fourth-order valence-electron chi connectivity index (χ4n) is 3.45. The van der Waals surface area contributed by atoms with Crippen LogP contribution in [-0.4, -0.2) is 80.8 Å². The average Bonchev–Trinajstić information content (AvgIpc) is 3.26. The number of hydrogen-bond donors (Lipinski definition) is 1. The molecule has 1 amide bonds. The maximum atomic E-state index is 12.4. The molecular weight excluding hydrogens is 471 g/mol. The van der Waals surface area contributed by atoms with Crippen LogP contribution in [0.25, 0.3) is 0 Å². The van der Waals surface area contributed by atoms with Gasteiger partial charge >= 0.3 is 0 Å². The third-order valence-electron chi connectivity index (χ3n) is 4.95. The number of nitrogens with zero attached hydrogens (tertiary/aromatic N) is 3. The molecule has 2 heterocycles. The average molecular weight is 502 g/mol. The van der Waals surface area contributed by atoms with E-state index in [1.54, 1.807) is 7.05 Å². The van der Waals surface area contributed by atoms with E-state index in [0.717, 1.165) is 31.9 Å². The summed E-state index contributed by atoms with van der Waals surface area (Å²) in [6.07, 6.45) is 1.61. The molecule has 0 bridgehead atoms. The van der Waals surface area contributed by atoms with Gasteiger partial charge in [0.25, 0.3) is 5.91 Å². The third-order valence-corrected chi connectivity index (χ3v) is 4.95. The highest BCUT2D eigenvalue weighted by Crippen LogP contribution is 2.16. The van der Waals surface area contributed by atoms with Crippen molar-refractivity contribution in [2.75, 3.05) is 53.0 Å². The molecule has 0 aliphatic carbocycles. The Labute approximate surface area is 184 Å². The van der Waals surface area contributed by atoms with Crippen LogP contribution >= 0.6 is 24.0 Å². The van der Waals surface area contributed by atoms with Crippen molar-refractivity contribution < 1.29 is 14.3 Å². The van der Waals surface area contributed by atoms with Gasteiger partial charge in [0.05, 0.1) is 13.2 Å². The van der Waals surface area contributed by atoms with Gasteiger partial charge < -0.3 is 24.6 Å². The van der Waals surface area contributed by atoms with E-state index in [-0.39, 0.29) is 36.0 Å². The van der Waals surface area contributed by atoms with Gasteiger partial charge in [0, 0.05) is 46.4 Å². The lowest BCUT2D eigenvalue weighted by molar-refractivity contribution is -0.142. The minimum absolute atomic E-state index is 0. The number of nitrogens with one attached hydrogen (secondary N) is 1. The van der Waals surface area contributed by atoms with Gasteiger partial charge in [-0.3, -0.25) is 9.79 Å². The summed E-state index contributed by atoms with van der Waals surface area (Å²) in [6.45, 7) is 5.63. The third kappa shape index (κ3) is 6.59. The summed E-state index contributed by atoms with van der Waals surface area (Å²) in [4.78, 5) is 20.9. The van der Waals surface area contributed by atoms with E-state index in [2.05, 4.69) is 27.3 Å². The van der Waals surface area contributed by atoms with Gasteiger partial charge in [0.1, 0.15) is 6.10 Å². The zero-order chi connectivity index (χ0) is 18.9. The Morgan fingerprint density at radius 2 is 1.93 bits per heavy atom. The molecule has 3 rings (SSSR count). The van der Waals surface area contributed by atoms with Crippen LogP contribution in [0.1, 0.15) is 18.4 Å². The van der Waals surface area contributed by atoms with Gasteiger partial charge in [0.2, 0.25) is 0 Å². The topological polar surface area (TPSA) is 66.4 Å². The number of halogens is 1. The molecule has 0 saturated carbocycles. The first-order valence-electron chi connectivity index (χ1n) is 9.75. The molecule has 1 aromatic carbocycles. The summed E-state index contributed by atoms with van der Waals surface area (Å²) in [6, 6.07) is 10.2. The molecule has 8 heteroatoms. The Kier molecular flexibility index (Phi) is 10.0. The number of amides is 1. The number of carbonyl (C=O) groups is 1. The van der Waals surface area contributed by atoms with E-state index >= 15 is 0 Å². The number of hydrogen-bond acceptors (Lipinski definition) is 4. The Bertz CT molecular complexity index is 615. The fraction of sp³-hybridized carbons (Fsp3) is 0.600. The second-order valence-corrected chi connectivity index (χ2v) is 6.83. The number of carbonyl (C=O) groups excluding carboxylic acids is 1. The van der Waals surface area contributed by atoms with Crippen LogP contribution in [0.2, 0.25) is 0 Å². The van der Waals surface area contributed by atoms with Crippen molar-refractivity contribution in [3.63, 3.8) is 0 Å². The molecule has 2 aliphatic rings. The molecule has 0 radical (unpaired) electrons. The molecule has 1 aromatic rings. The summed E-state index contributed by atoms with van der Waals surface area (Å²) in [5.41, 5.74) is 1.17. The van der Waals surface area contributed by atoms with Crippen molar-refractivity contribution in [2.24, 2.45) is 4.99 Å². The highest BCUT2D eigenvalue weighted by atomic mass is 127. The predicted octanol–water partition coefficient (Wildman–Crippen LogP) is 1.72. The number of rotatable bonds is 6. The van der Waals surface area contributed by atoms with Crippen LogP contribution in [0.15, 0.2) is 35.3 Å². The van der Waals surface area contributed by atoms with Crippen LogP contribution in [0.4, 0.5) is 0 Å². The minimum Gasteiger partial charge on any atom is -0.375 e. The molecule has 0 aromatic heterocycles. The fourth-order valence-corrected chi connectivity index (χ4v) is 3.45. The van der Waals surface area contributed by atoms with Crippen molar-refractivity contribution in [1.29, 1.82) is 0 Å². The van der Waals surface area contributed by atoms with Gasteiger partial charge in [0.15, 0.2) is 5.96 Å². The number of benzene rings is 1. The van der Waals surface area contributed by atoms with E-state index < -0.39 is 0 Å². The second kappa shape index (κ2) is 12.2. The molecular formula is C20H31IN4O3. The molecule has 1 unspecified atom stereocenters. The van der Waals surface area contributed by atoms with E-state index in [9.17, 15) is 4.79 Å². The Morgan fingerprint density at radius 1 is 1.21 bits per heavy atom. The minimum atomic E-state index is -0.226. The SMILES string of the molecule is CN=C(NCCOCc1ccccc1)N1CCN(C(=O)C2CCCO2)CC1.I. The predicted molar refractivity (Wildman–Crippen MR) is 120 cm³/mol. The number of aliphatic imine (C=N–C) groups is 1. The van der Waals surface area contributed by atoms with Gasteiger partial charge in [-0.25, -0.2) is 0 Å². The zero-order valence-electron chi connectivity index (χ0n) is 16.5. The molecule has 7 nitrogen and oxygen atoms in total. The van der Waals surface area contributed by atoms with Crippen LogP contribution in [0.5, 0.6) is 0 Å². The summed E-state index contributed by atoms with van der Waals surface area (Å²) >= 11 is 0. The molecule has 2 fully saturated rings. The number of guanidine groups is 1. The van der Waals surface area contributed by atoms with E-state index in [1.807, 2.05) is 23.1 Å². The summed E-state index contributed by atoms with van der Waals surface area (Å²) < 4.78 is 11.2. The normalized spacial score (nSPS) is 20.0. The first-order chi connectivity index (χ1) is 13.3. The van der Waals surface area contributed by atoms with Crippen LogP contribution in [0, 0.1) is 0 Å². The lowest BCUT2D eigenvalue weighted by Crippen LogP contribution is -2.55. The molecule has 156 valence electrons. The van der Waals surface area contributed by atoms with Crippen LogP contribution in [0.3, 0.4) is 0 Å². The van der Waals surface area contributed by atoms with E-state index in [4.69, 9.17) is 9.47 Å². The maximum absolute atomic E-state index is 12.4. The Balaban J connectivity index is 0.00000280. The monoisotopic (exact) mass is 502 g/mol. The second-order valence-electron chi connectivity index (χ2n) is 6.83. The Morgan fingerprint density at radius 3 is 2.57 bits per heavy atom. The molecule has 2 aliphatic heterocycles. The van der Waals surface area contributed by atoms with Crippen LogP contribution < -0.4 is 5.32 Å². The quantitative estimate of drug-likeness (QED) is 0.278. The van der Waals surface area contributed by atoms with Crippen molar-refractivity contribution in [3.8, 4) is 0 Å². The molecule has 28 heavy (non-hydrogen) atoms. The van der Waals surface area contributed by atoms with Gasteiger partial charge in [-0.2, -0.15) is 0 Å². The van der Waals surface area contributed by atoms with E-state index in [0.29, 0.717) is 39.5 Å². The van der Waals surface area contributed by atoms with Gasteiger partial charge in [-0.1, -0.05) is 30.3 Å². The first-order valence-corrected chi connectivity index (χ1v) is 9.75. The van der Waals surface area contributed by atoms with Crippen molar-refractivity contribution >= 4 is 35.8 Å². The van der Waals surface area contributed by atoms with E-state index in [1.165, 1.54) is 5.56 Å². The summed E-state index contributed by atoms with van der Waals surface area (Å²) in [7, 11) is 1.79. The highest BCUT2D eigenvalue weighted by molar-refractivity contribution is 14.0. The molecule has 1 N–H and O–H groups in total. The largest absolute Gasteiger partial charge is 0.375 e. The van der Waals surface area contributed by atoms with Gasteiger partial charge in [-0.15, -0.1) is 24.0 Å². The zero-order valence-corrected chi connectivity index (χ0v) is 18.8. The number of piperazine rings is 1. The van der Waals surface area contributed by atoms with Crippen LogP contribution in [-0.2, 0) is 20.9 Å². The van der Waals surface area contributed by atoms with Crippen molar-refractivity contribution in [2.45, 2.75) is 25.6 Å². The number of ether oxygens (including phenoxy) is 2. The standard InChI is InChI=1S/C20H30N4O3.HI/c1-21-20(22-9-15-26-16-17-6-3-2-4-7-17)24-12-10-23(11-13-24)19(25)18-8-5-14-27-18;/h2-4,6-7,18H,5,8-16H2,1H3,(H,21,22);1H. The maximum Gasteiger partial charge on any atom is 0.251 e. The Hall–Kier alpha value is -1.39. The lowest BCUT2D eigenvalue weighted by Gasteiger charge is -2.37. The van der Waals surface area contributed by atoms with Crippen molar-refractivity contribution in [1.82, 2.24) is 15.1 Å². The lowest BCUT2D eigenvalue weighted by atomic mass is 10.2. The summed E-state index contributed by atoms with van der Waals surface area (Å²) in [5, 5.41) is 3.35. The highest BCUT2D eigenvalue weighted by Gasteiger charge is 2.30. The molecule has 1 atom stereocenters. The van der Waals surface area contributed by atoms with Crippen molar-refractivity contribution in [3.05, 3.63) is 35.9 Å². The molecule has 0 spiro atoms. The van der Waals surface area contributed by atoms with Gasteiger partial charge in [-0.05, 0) is 18.4 Å². The molecule has 2 saturated heterocycles. The smallest absolute Gasteiger partial charge is 0.251 e. The summed E-state index contributed by atoms with van der Waals surface area (Å²) in [5.74, 6) is 1.01.